The van der Waals surface area contributed by atoms with Crippen molar-refractivity contribution in [2.45, 2.75) is 13.8 Å². The third-order valence-corrected chi connectivity index (χ3v) is 4.49. The van der Waals surface area contributed by atoms with Crippen molar-refractivity contribution in [1.29, 1.82) is 0 Å². The van der Waals surface area contributed by atoms with E-state index in [1.165, 1.54) is 6.92 Å². The fourth-order valence-electron chi connectivity index (χ4n) is 3.28. The van der Waals surface area contributed by atoms with E-state index in [-0.39, 0.29) is 40.0 Å². The topological polar surface area (TPSA) is 64.3 Å². The summed E-state index contributed by atoms with van der Waals surface area (Å²) in [5.41, 5.74) is 2.50. The molecular weight excluding hydrogens is 316 g/mol. The molecule has 1 heterocycles. The van der Waals surface area contributed by atoms with Crippen LogP contribution in [-0.2, 0) is 0 Å². The van der Waals surface area contributed by atoms with Gasteiger partial charge in [-0.2, -0.15) is 0 Å². The van der Waals surface area contributed by atoms with Crippen molar-refractivity contribution >= 4 is 17.3 Å². The van der Waals surface area contributed by atoms with Crippen molar-refractivity contribution in [3.05, 3.63) is 82.1 Å². The highest BCUT2D eigenvalue weighted by Gasteiger charge is 2.39. The Morgan fingerprint density at radius 2 is 1.32 bits per heavy atom. The van der Waals surface area contributed by atoms with E-state index >= 15 is 0 Å². The lowest BCUT2D eigenvalue weighted by Crippen LogP contribution is -2.21. The summed E-state index contributed by atoms with van der Waals surface area (Å²) in [4.78, 5) is 38.1. The molecule has 4 nitrogen and oxygen atoms in total. The average Bonchev–Trinajstić information content (AvgIpc) is 3.01. The molecule has 0 saturated carbocycles. The van der Waals surface area contributed by atoms with E-state index in [0.717, 1.165) is 5.56 Å². The molecule has 2 aromatic carbocycles. The van der Waals surface area contributed by atoms with Crippen molar-refractivity contribution in [3.63, 3.8) is 0 Å². The third-order valence-electron chi connectivity index (χ3n) is 4.49. The van der Waals surface area contributed by atoms with Crippen LogP contribution in [0.15, 0.2) is 52.9 Å². The van der Waals surface area contributed by atoms with Gasteiger partial charge >= 0.3 is 0 Å². The summed E-state index contributed by atoms with van der Waals surface area (Å²) in [5.74, 6) is -0.789. The van der Waals surface area contributed by atoms with Crippen LogP contribution in [-0.4, -0.2) is 17.3 Å². The number of benzene rings is 2. The molecule has 3 aromatic rings. The summed E-state index contributed by atoms with van der Waals surface area (Å²) in [6.45, 7) is 3.22. The molecule has 1 aromatic heterocycles. The highest BCUT2D eigenvalue weighted by atomic mass is 16.4. The Hall–Kier alpha value is -3.27. The molecule has 0 bridgehead atoms. The van der Waals surface area contributed by atoms with Crippen LogP contribution >= 0.6 is 0 Å². The number of hydrogen-bond donors (Lipinski definition) is 0. The maximum atomic E-state index is 13.1. The summed E-state index contributed by atoms with van der Waals surface area (Å²) < 4.78 is 5.78. The summed E-state index contributed by atoms with van der Waals surface area (Å²) in [7, 11) is 0. The number of carbonyl (C=O) groups excluding carboxylic acids is 3. The Morgan fingerprint density at radius 3 is 1.88 bits per heavy atom. The molecule has 0 spiro atoms. The lowest BCUT2D eigenvalue weighted by atomic mass is 9.83. The second-order valence-corrected chi connectivity index (χ2v) is 6.09. The number of fused-ring (bicyclic) bond motifs is 2. The van der Waals surface area contributed by atoms with Gasteiger partial charge in [0.25, 0.3) is 0 Å². The molecule has 0 unspecified atom stereocenters. The van der Waals surface area contributed by atoms with Gasteiger partial charge in [-0.15, -0.1) is 0 Å². The van der Waals surface area contributed by atoms with Gasteiger partial charge in [0.1, 0.15) is 5.76 Å². The van der Waals surface area contributed by atoms with Gasteiger partial charge in [0.2, 0.25) is 0 Å². The molecule has 0 saturated heterocycles. The first-order valence-corrected chi connectivity index (χ1v) is 7.93. The standard InChI is InChI=1S/C21H14O4/c1-11-7-3-4-8-13(11)21-17-16(20(25-21)12(2)22)18(23)14-9-5-6-10-15(14)19(17)24/h3-10H,1-2H3. The Kier molecular flexibility index (Phi) is 3.29. The Balaban J connectivity index is 2.09. The number of ketones is 3. The SMILES string of the molecule is CC(=O)c1oc(-c2ccccc2C)c2c1C(=O)c1ccccc1C2=O. The maximum Gasteiger partial charge on any atom is 0.198 e. The van der Waals surface area contributed by atoms with Crippen molar-refractivity contribution in [3.8, 4) is 11.3 Å². The van der Waals surface area contributed by atoms with Crippen LogP contribution in [0.25, 0.3) is 11.3 Å². The van der Waals surface area contributed by atoms with Crippen LogP contribution in [0.1, 0.15) is 54.9 Å². The Bertz CT molecular complexity index is 1070. The normalized spacial score (nSPS) is 12.7. The second-order valence-electron chi connectivity index (χ2n) is 6.09. The minimum absolute atomic E-state index is 0.0545. The number of carbonyl (C=O) groups is 3. The minimum Gasteiger partial charge on any atom is -0.451 e. The molecule has 4 rings (SSSR count). The van der Waals surface area contributed by atoms with Gasteiger partial charge in [-0.25, -0.2) is 0 Å². The average molecular weight is 330 g/mol. The summed E-state index contributed by atoms with van der Waals surface area (Å²) >= 11 is 0. The number of rotatable bonds is 2. The van der Waals surface area contributed by atoms with Gasteiger partial charge in [-0.3, -0.25) is 14.4 Å². The molecular formula is C21H14O4. The molecule has 0 N–H and O–H groups in total. The zero-order chi connectivity index (χ0) is 17.7. The zero-order valence-electron chi connectivity index (χ0n) is 13.8. The second kappa shape index (κ2) is 5.38. The van der Waals surface area contributed by atoms with E-state index < -0.39 is 0 Å². The third kappa shape index (κ3) is 2.11. The molecule has 122 valence electrons. The summed E-state index contributed by atoms with van der Waals surface area (Å²) in [6, 6.07) is 14.1. The Labute approximate surface area is 144 Å². The lowest BCUT2D eigenvalue weighted by molar-refractivity contribution is 0.0960. The zero-order valence-corrected chi connectivity index (χ0v) is 13.8. The summed E-state index contributed by atoms with van der Waals surface area (Å²) in [6.07, 6.45) is 0. The van der Waals surface area contributed by atoms with Crippen LogP contribution in [0, 0.1) is 6.92 Å². The van der Waals surface area contributed by atoms with Crippen molar-refractivity contribution < 1.29 is 18.8 Å². The quantitative estimate of drug-likeness (QED) is 0.516. The smallest absolute Gasteiger partial charge is 0.198 e. The molecule has 1 aliphatic rings. The minimum atomic E-state index is -0.378. The number of furan rings is 1. The van der Waals surface area contributed by atoms with Gasteiger partial charge in [0.15, 0.2) is 23.1 Å². The lowest BCUT2D eigenvalue weighted by Gasteiger charge is -2.15. The first kappa shape index (κ1) is 15.3. The van der Waals surface area contributed by atoms with Crippen LogP contribution in [0.2, 0.25) is 0 Å². The fraction of sp³-hybridized carbons (Fsp3) is 0.0952. The largest absolute Gasteiger partial charge is 0.451 e. The van der Waals surface area contributed by atoms with E-state index in [1.54, 1.807) is 24.3 Å². The fourth-order valence-corrected chi connectivity index (χ4v) is 3.28. The van der Waals surface area contributed by atoms with E-state index in [0.29, 0.717) is 16.7 Å². The highest BCUT2D eigenvalue weighted by molar-refractivity contribution is 6.32. The van der Waals surface area contributed by atoms with Crippen molar-refractivity contribution in [2.75, 3.05) is 0 Å². The van der Waals surface area contributed by atoms with Crippen LogP contribution < -0.4 is 0 Å². The number of aryl methyl sites for hydroxylation is 1. The van der Waals surface area contributed by atoms with Crippen molar-refractivity contribution in [2.24, 2.45) is 0 Å². The first-order valence-electron chi connectivity index (χ1n) is 7.93. The van der Waals surface area contributed by atoms with Gasteiger partial charge in [0.05, 0.1) is 11.1 Å². The van der Waals surface area contributed by atoms with Crippen molar-refractivity contribution in [1.82, 2.24) is 0 Å². The van der Waals surface area contributed by atoms with Gasteiger partial charge < -0.3 is 4.42 Å². The Morgan fingerprint density at radius 1 is 0.800 bits per heavy atom. The van der Waals surface area contributed by atoms with E-state index in [4.69, 9.17) is 4.42 Å². The molecule has 4 heteroatoms. The van der Waals surface area contributed by atoms with Gasteiger partial charge in [0, 0.05) is 23.6 Å². The predicted octanol–water partition coefficient (Wildman–Crippen LogP) is 4.23. The van der Waals surface area contributed by atoms with E-state index in [9.17, 15) is 14.4 Å². The predicted molar refractivity (Wildman–Crippen MR) is 92.2 cm³/mol. The summed E-state index contributed by atoms with van der Waals surface area (Å²) in [5, 5.41) is 0. The monoisotopic (exact) mass is 330 g/mol. The molecule has 0 atom stereocenters. The molecule has 25 heavy (non-hydrogen) atoms. The molecule has 0 radical (unpaired) electrons. The highest BCUT2D eigenvalue weighted by Crippen LogP contribution is 2.39. The maximum absolute atomic E-state index is 13.1. The van der Waals surface area contributed by atoms with Gasteiger partial charge in [-0.05, 0) is 12.5 Å². The van der Waals surface area contributed by atoms with Crippen LogP contribution in [0.5, 0.6) is 0 Å². The molecule has 0 aliphatic heterocycles. The molecule has 0 amide bonds. The number of Topliss-reactive ketones (excluding diaryl/α,β-unsaturated/α-hetero) is 1. The van der Waals surface area contributed by atoms with Gasteiger partial charge in [-0.1, -0.05) is 48.5 Å². The number of hydrogen-bond acceptors (Lipinski definition) is 4. The van der Waals surface area contributed by atoms with Crippen LogP contribution in [0.3, 0.4) is 0 Å². The molecule has 1 aliphatic carbocycles. The molecule has 0 fully saturated rings. The van der Waals surface area contributed by atoms with E-state index in [2.05, 4.69) is 0 Å². The van der Waals surface area contributed by atoms with Crippen LogP contribution in [0.4, 0.5) is 0 Å². The first-order chi connectivity index (χ1) is 12.0. The van der Waals surface area contributed by atoms with E-state index in [1.807, 2.05) is 31.2 Å².